The zero-order chi connectivity index (χ0) is 31.0. The molecule has 0 spiro atoms. The Morgan fingerprint density at radius 1 is 1.07 bits per heavy atom. The Bertz CT molecular complexity index is 1730. The lowest BCUT2D eigenvalue weighted by Crippen LogP contribution is -2.50. The van der Waals surface area contributed by atoms with Gasteiger partial charge in [-0.3, -0.25) is 19.9 Å². The molecule has 228 valence electrons. The first kappa shape index (κ1) is 29.5. The topological polar surface area (TPSA) is 88.9 Å². The van der Waals surface area contributed by atoms with Crippen LogP contribution in [0.25, 0.3) is 11.4 Å². The van der Waals surface area contributed by atoms with Gasteiger partial charge in [-0.1, -0.05) is 35.9 Å². The number of nitrogens with one attached hydrogen (secondary N) is 1. The number of halogens is 4. The fourth-order valence-corrected chi connectivity index (χ4v) is 5.66. The van der Waals surface area contributed by atoms with Crippen molar-refractivity contribution in [3.05, 3.63) is 93.9 Å². The number of anilines is 1. The fraction of sp³-hybridized carbons (Fsp3) is 0.258. The van der Waals surface area contributed by atoms with Crippen LogP contribution < -0.4 is 19.7 Å². The van der Waals surface area contributed by atoms with E-state index in [4.69, 9.17) is 21.1 Å². The third-order valence-corrected chi connectivity index (χ3v) is 7.99. The van der Waals surface area contributed by atoms with Gasteiger partial charge in [0.05, 0.1) is 11.2 Å². The Morgan fingerprint density at radius 3 is 2.66 bits per heavy atom. The number of amides is 3. The van der Waals surface area contributed by atoms with Crippen LogP contribution >= 0.6 is 11.6 Å². The second-order valence-corrected chi connectivity index (χ2v) is 10.9. The summed E-state index contributed by atoms with van der Waals surface area (Å²) in [6.45, 7) is -1.45. The van der Waals surface area contributed by atoms with E-state index in [0.717, 1.165) is 16.7 Å². The minimum absolute atomic E-state index is 0.0298. The number of carbonyl (C=O) groups is 2. The van der Waals surface area contributed by atoms with Gasteiger partial charge in [0, 0.05) is 62.4 Å². The highest BCUT2D eigenvalue weighted by Gasteiger charge is 2.28. The van der Waals surface area contributed by atoms with E-state index in [9.17, 15) is 22.8 Å². The molecule has 4 aromatic rings. The van der Waals surface area contributed by atoms with Gasteiger partial charge in [0.25, 0.3) is 0 Å². The number of ether oxygens (including phenoxy) is 2. The number of urea groups is 1. The lowest BCUT2D eigenvalue weighted by molar-refractivity contribution is -0.120. The highest BCUT2D eigenvalue weighted by atomic mass is 35.5. The SMILES string of the molecule is Cn1c(N2CCC(=O)NC2=O)cnc1-c1ccc2c(c1)CN(Cc1ccc(OCc3c(F)cccc3Cl)cc1OC(F)F)C2. The number of nitrogens with zero attached hydrogens (tertiary/aromatic N) is 4. The van der Waals surface area contributed by atoms with E-state index < -0.39 is 18.5 Å². The molecule has 44 heavy (non-hydrogen) atoms. The number of alkyl halides is 2. The first-order valence-electron chi connectivity index (χ1n) is 13.8. The van der Waals surface area contributed by atoms with Crippen LogP contribution in [0.1, 0.15) is 28.7 Å². The molecule has 3 amide bonds. The summed E-state index contributed by atoms with van der Waals surface area (Å²) in [4.78, 5) is 32.0. The first-order valence-corrected chi connectivity index (χ1v) is 14.1. The Balaban J connectivity index is 1.16. The van der Waals surface area contributed by atoms with E-state index in [1.807, 2.05) is 29.8 Å². The van der Waals surface area contributed by atoms with E-state index in [0.29, 0.717) is 36.8 Å². The van der Waals surface area contributed by atoms with Crippen molar-refractivity contribution < 1.29 is 32.2 Å². The third kappa shape index (κ3) is 6.08. The van der Waals surface area contributed by atoms with Gasteiger partial charge in [0.1, 0.15) is 35.6 Å². The molecule has 0 bridgehead atoms. The van der Waals surface area contributed by atoms with Crippen LogP contribution in [0.15, 0.2) is 60.8 Å². The van der Waals surface area contributed by atoms with Gasteiger partial charge in [-0.05, 0) is 35.4 Å². The quantitative estimate of drug-likeness (QED) is 0.245. The summed E-state index contributed by atoms with van der Waals surface area (Å²) in [6, 6.07) is 14.5. The largest absolute Gasteiger partial charge is 0.489 e. The molecule has 0 saturated carbocycles. The molecular weight excluding hydrogens is 599 g/mol. The maximum Gasteiger partial charge on any atom is 0.387 e. The van der Waals surface area contributed by atoms with Crippen LogP contribution in [0.2, 0.25) is 5.02 Å². The molecule has 1 saturated heterocycles. The second-order valence-electron chi connectivity index (χ2n) is 10.5. The van der Waals surface area contributed by atoms with Crippen molar-refractivity contribution >= 4 is 29.4 Å². The molecule has 0 aliphatic carbocycles. The minimum Gasteiger partial charge on any atom is -0.489 e. The summed E-state index contributed by atoms with van der Waals surface area (Å²) in [5.41, 5.74) is 3.72. The van der Waals surface area contributed by atoms with Crippen LogP contribution in [0.5, 0.6) is 11.5 Å². The van der Waals surface area contributed by atoms with Gasteiger partial charge in [-0.2, -0.15) is 8.78 Å². The standard InChI is InChI=1S/C31H27ClF3N5O4/c1-38-28(40-10-9-27(41)37-31(40)42)13-36-29(38)18-5-6-19-14-39(16-21(19)11-18)15-20-7-8-22(12-26(20)44-30(34)35)43-17-23-24(32)3-2-4-25(23)33/h2-8,11-13,30H,9-10,14-17H2,1H3,(H,37,41,42). The Hall–Kier alpha value is -4.55. The van der Waals surface area contributed by atoms with Crippen LogP contribution in [0.4, 0.5) is 23.8 Å². The van der Waals surface area contributed by atoms with Crippen molar-refractivity contribution in [3.8, 4) is 22.9 Å². The lowest BCUT2D eigenvalue weighted by atomic mass is 10.1. The molecule has 3 aromatic carbocycles. The van der Waals surface area contributed by atoms with Crippen LogP contribution in [-0.2, 0) is 38.1 Å². The molecule has 1 fully saturated rings. The molecule has 0 atom stereocenters. The molecule has 13 heteroatoms. The zero-order valence-electron chi connectivity index (χ0n) is 23.5. The molecule has 0 unspecified atom stereocenters. The summed E-state index contributed by atoms with van der Waals surface area (Å²) < 4.78 is 53.1. The minimum atomic E-state index is -3.04. The van der Waals surface area contributed by atoms with Crippen molar-refractivity contribution in [1.29, 1.82) is 0 Å². The van der Waals surface area contributed by atoms with E-state index in [-0.39, 0.29) is 47.6 Å². The Kier molecular flexibility index (Phi) is 8.19. The summed E-state index contributed by atoms with van der Waals surface area (Å²) in [7, 11) is 1.81. The van der Waals surface area contributed by atoms with Crippen LogP contribution in [0.3, 0.4) is 0 Å². The van der Waals surface area contributed by atoms with Gasteiger partial charge in [-0.25, -0.2) is 14.2 Å². The highest BCUT2D eigenvalue weighted by molar-refractivity contribution is 6.31. The lowest BCUT2D eigenvalue weighted by Gasteiger charge is -2.26. The number of hydrogen-bond donors (Lipinski definition) is 1. The highest BCUT2D eigenvalue weighted by Crippen LogP contribution is 2.34. The van der Waals surface area contributed by atoms with Gasteiger partial charge >= 0.3 is 12.6 Å². The molecule has 2 aliphatic heterocycles. The molecule has 1 aromatic heterocycles. The van der Waals surface area contributed by atoms with Crippen LogP contribution in [-0.4, -0.2) is 39.5 Å². The molecule has 9 nitrogen and oxygen atoms in total. The van der Waals surface area contributed by atoms with Crippen molar-refractivity contribution in [2.45, 2.75) is 39.3 Å². The molecule has 1 N–H and O–H groups in total. The summed E-state index contributed by atoms with van der Waals surface area (Å²) in [6.07, 6.45) is 1.82. The zero-order valence-corrected chi connectivity index (χ0v) is 24.3. The molecular formula is C31H27ClF3N5O4. The van der Waals surface area contributed by atoms with Gasteiger partial charge in [0.15, 0.2) is 0 Å². The fourth-order valence-electron chi connectivity index (χ4n) is 5.45. The maximum absolute atomic E-state index is 14.1. The number of fused-ring (bicyclic) bond motifs is 1. The molecule has 2 aliphatic rings. The molecule has 6 rings (SSSR count). The normalized spacial score (nSPS) is 15.1. The number of aromatic nitrogens is 2. The predicted octanol–water partition coefficient (Wildman–Crippen LogP) is 6.02. The van der Waals surface area contributed by atoms with E-state index in [1.54, 1.807) is 24.4 Å². The average Bonchev–Trinajstić information content (AvgIpc) is 3.56. The number of imide groups is 1. The van der Waals surface area contributed by atoms with Gasteiger partial charge < -0.3 is 14.0 Å². The van der Waals surface area contributed by atoms with Crippen molar-refractivity contribution in [2.24, 2.45) is 7.05 Å². The number of hydrogen-bond acceptors (Lipinski definition) is 6. The molecule has 3 heterocycles. The summed E-state index contributed by atoms with van der Waals surface area (Å²) >= 11 is 6.07. The van der Waals surface area contributed by atoms with Gasteiger partial charge in [0.2, 0.25) is 5.91 Å². The van der Waals surface area contributed by atoms with Gasteiger partial charge in [-0.15, -0.1) is 0 Å². The predicted molar refractivity (Wildman–Crippen MR) is 156 cm³/mol. The Morgan fingerprint density at radius 2 is 1.89 bits per heavy atom. The first-order chi connectivity index (χ1) is 21.2. The Labute approximate surface area is 255 Å². The smallest absolute Gasteiger partial charge is 0.387 e. The average molecular weight is 626 g/mol. The van der Waals surface area contributed by atoms with E-state index in [2.05, 4.69) is 15.2 Å². The van der Waals surface area contributed by atoms with Crippen LogP contribution in [0, 0.1) is 5.82 Å². The van der Waals surface area contributed by atoms with E-state index >= 15 is 0 Å². The summed E-state index contributed by atoms with van der Waals surface area (Å²) in [5.74, 6) is 0.609. The summed E-state index contributed by atoms with van der Waals surface area (Å²) in [5, 5.41) is 2.53. The van der Waals surface area contributed by atoms with E-state index in [1.165, 1.54) is 23.1 Å². The third-order valence-electron chi connectivity index (χ3n) is 7.64. The number of benzene rings is 3. The van der Waals surface area contributed by atoms with Crippen molar-refractivity contribution in [3.63, 3.8) is 0 Å². The number of carbonyl (C=O) groups excluding carboxylic acids is 2. The maximum atomic E-state index is 14.1. The number of imidazole rings is 1. The second kappa shape index (κ2) is 12.2. The number of rotatable bonds is 9. The van der Waals surface area contributed by atoms with Crippen molar-refractivity contribution in [2.75, 3.05) is 11.4 Å². The monoisotopic (exact) mass is 625 g/mol. The van der Waals surface area contributed by atoms with Crippen molar-refractivity contribution in [1.82, 2.24) is 19.8 Å². The molecule has 0 radical (unpaired) electrons.